The van der Waals surface area contributed by atoms with Gasteiger partial charge < -0.3 is 10.0 Å². The van der Waals surface area contributed by atoms with Crippen molar-refractivity contribution in [1.82, 2.24) is 4.90 Å². The maximum Gasteiger partial charge on any atom is 0.335 e. The Morgan fingerprint density at radius 1 is 1.20 bits per heavy atom. The van der Waals surface area contributed by atoms with Crippen molar-refractivity contribution in [3.8, 4) is 0 Å². The number of aromatic carboxylic acids is 1. The zero-order valence-electron chi connectivity index (χ0n) is 11.8. The van der Waals surface area contributed by atoms with Gasteiger partial charge in [-0.3, -0.25) is 4.79 Å². The van der Waals surface area contributed by atoms with Gasteiger partial charge in [-0.1, -0.05) is 17.7 Å². The van der Waals surface area contributed by atoms with E-state index in [2.05, 4.69) is 0 Å². The second-order valence-corrected chi connectivity index (χ2v) is 5.28. The van der Waals surface area contributed by atoms with Crippen LogP contribution in [0.25, 0.3) is 0 Å². The lowest BCUT2D eigenvalue weighted by Crippen LogP contribution is -2.27. The molecule has 4 heteroatoms. The number of nitrogens with zero attached hydrogens (tertiary/aromatic N) is 1. The average Bonchev–Trinajstić information content (AvgIpc) is 2.84. The van der Waals surface area contributed by atoms with Gasteiger partial charge in [0.1, 0.15) is 0 Å². The predicted molar refractivity (Wildman–Crippen MR) is 76.4 cm³/mol. The number of likely N-dealkylation sites (N-methyl/N-ethyl adjacent to an activating group) is 1. The fraction of sp³-hybridized carbons (Fsp3) is 0.375. The molecule has 0 fully saturated rings. The number of allylic oxidation sites excluding steroid dienone is 1. The Morgan fingerprint density at radius 2 is 1.85 bits per heavy atom. The van der Waals surface area contributed by atoms with E-state index >= 15 is 0 Å². The SMILES string of the molecule is CC1=C(C(=O)N(C)Cc2ccc(C(=O)O)cc2)CCC1. The van der Waals surface area contributed by atoms with Crippen LogP contribution in [0, 0.1) is 0 Å². The van der Waals surface area contributed by atoms with Crippen molar-refractivity contribution in [1.29, 1.82) is 0 Å². The number of rotatable bonds is 4. The molecule has 1 N–H and O–H groups in total. The molecule has 0 spiro atoms. The van der Waals surface area contributed by atoms with Crippen LogP contribution in [0.3, 0.4) is 0 Å². The van der Waals surface area contributed by atoms with E-state index in [0.29, 0.717) is 6.54 Å². The van der Waals surface area contributed by atoms with Gasteiger partial charge in [0.05, 0.1) is 5.56 Å². The van der Waals surface area contributed by atoms with Gasteiger partial charge in [0.25, 0.3) is 0 Å². The first-order chi connectivity index (χ1) is 9.49. The van der Waals surface area contributed by atoms with Crippen LogP contribution in [0.2, 0.25) is 0 Å². The number of benzene rings is 1. The van der Waals surface area contributed by atoms with E-state index in [1.54, 1.807) is 36.2 Å². The van der Waals surface area contributed by atoms with Crippen LogP contribution in [0.5, 0.6) is 0 Å². The molecule has 0 aromatic heterocycles. The molecule has 20 heavy (non-hydrogen) atoms. The van der Waals surface area contributed by atoms with Crippen LogP contribution in [-0.4, -0.2) is 28.9 Å². The number of carbonyl (C=O) groups is 2. The highest BCUT2D eigenvalue weighted by Crippen LogP contribution is 2.27. The minimum atomic E-state index is -0.937. The van der Waals surface area contributed by atoms with Gasteiger partial charge in [-0.2, -0.15) is 0 Å². The fourth-order valence-electron chi connectivity index (χ4n) is 2.51. The number of carbonyl (C=O) groups excluding carboxylic acids is 1. The summed E-state index contributed by atoms with van der Waals surface area (Å²) in [6, 6.07) is 6.64. The number of hydrogen-bond donors (Lipinski definition) is 1. The van der Waals surface area contributed by atoms with Gasteiger partial charge >= 0.3 is 5.97 Å². The minimum Gasteiger partial charge on any atom is -0.478 e. The summed E-state index contributed by atoms with van der Waals surface area (Å²) in [5.74, 6) is -0.852. The normalized spacial score (nSPS) is 14.5. The molecule has 1 aliphatic carbocycles. The largest absolute Gasteiger partial charge is 0.478 e. The Balaban J connectivity index is 2.04. The number of amides is 1. The molecule has 1 amide bonds. The number of carboxylic acids is 1. The summed E-state index contributed by atoms with van der Waals surface area (Å²) in [7, 11) is 1.78. The smallest absolute Gasteiger partial charge is 0.335 e. The van der Waals surface area contributed by atoms with E-state index < -0.39 is 5.97 Å². The van der Waals surface area contributed by atoms with Gasteiger partial charge in [0.2, 0.25) is 5.91 Å². The van der Waals surface area contributed by atoms with Gasteiger partial charge in [0, 0.05) is 19.2 Å². The van der Waals surface area contributed by atoms with E-state index in [4.69, 9.17) is 5.11 Å². The molecule has 0 radical (unpaired) electrons. The van der Waals surface area contributed by atoms with Crippen LogP contribution in [0.4, 0.5) is 0 Å². The second-order valence-electron chi connectivity index (χ2n) is 5.28. The second kappa shape index (κ2) is 5.90. The molecule has 0 aliphatic heterocycles. The summed E-state index contributed by atoms with van der Waals surface area (Å²) >= 11 is 0. The summed E-state index contributed by atoms with van der Waals surface area (Å²) in [6.45, 7) is 2.52. The molecular formula is C16H19NO3. The summed E-state index contributed by atoms with van der Waals surface area (Å²) in [5, 5.41) is 8.85. The molecule has 4 nitrogen and oxygen atoms in total. The highest BCUT2D eigenvalue weighted by Gasteiger charge is 2.21. The Hall–Kier alpha value is -2.10. The highest BCUT2D eigenvalue weighted by molar-refractivity contribution is 5.94. The molecule has 106 valence electrons. The maximum absolute atomic E-state index is 12.3. The fourth-order valence-corrected chi connectivity index (χ4v) is 2.51. The van der Waals surface area contributed by atoms with E-state index in [1.165, 1.54) is 5.57 Å². The van der Waals surface area contributed by atoms with Crippen LogP contribution in [-0.2, 0) is 11.3 Å². The Morgan fingerprint density at radius 3 is 2.35 bits per heavy atom. The monoisotopic (exact) mass is 273 g/mol. The molecule has 0 heterocycles. The van der Waals surface area contributed by atoms with Crippen molar-refractivity contribution in [2.45, 2.75) is 32.7 Å². The summed E-state index contributed by atoms with van der Waals surface area (Å²) < 4.78 is 0. The summed E-state index contributed by atoms with van der Waals surface area (Å²) in [4.78, 5) is 24.8. The molecule has 0 saturated carbocycles. The molecule has 1 aromatic carbocycles. The lowest BCUT2D eigenvalue weighted by molar-refractivity contribution is -0.126. The molecule has 0 unspecified atom stereocenters. The van der Waals surface area contributed by atoms with Crippen LogP contribution in [0.15, 0.2) is 35.4 Å². The lowest BCUT2D eigenvalue weighted by atomic mass is 10.1. The maximum atomic E-state index is 12.3. The van der Waals surface area contributed by atoms with Gasteiger partial charge in [-0.25, -0.2) is 4.79 Å². The average molecular weight is 273 g/mol. The summed E-state index contributed by atoms with van der Waals surface area (Å²) in [5.41, 5.74) is 3.33. The Labute approximate surface area is 118 Å². The lowest BCUT2D eigenvalue weighted by Gasteiger charge is -2.18. The first-order valence-electron chi connectivity index (χ1n) is 6.75. The zero-order chi connectivity index (χ0) is 14.7. The zero-order valence-corrected chi connectivity index (χ0v) is 11.8. The quantitative estimate of drug-likeness (QED) is 0.917. The standard InChI is InChI=1S/C16H19NO3/c1-11-4-3-5-14(11)15(18)17(2)10-12-6-8-13(9-7-12)16(19)20/h6-9H,3-5,10H2,1-2H3,(H,19,20). The topological polar surface area (TPSA) is 57.6 Å². The van der Waals surface area contributed by atoms with Crippen LogP contribution in [0.1, 0.15) is 42.1 Å². The first-order valence-corrected chi connectivity index (χ1v) is 6.75. The molecule has 0 bridgehead atoms. The van der Waals surface area contributed by atoms with Gasteiger partial charge in [0.15, 0.2) is 0 Å². The third-order valence-corrected chi connectivity index (χ3v) is 3.72. The molecule has 2 rings (SSSR count). The molecular weight excluding hydrogens is 254 g/mol. The molecule has 0 saturated heterocycles. The van der Waals surface area contributed by atoms with E-state index in [-0.39, 0.29) is 11.5 Å². The van der Waals surface area contributed by atoms with Crippen molar-refractivity contribution in [3.63, 3.8) is 0 Å². The molecule has 0 atom stereocenters. The van der Waals surface area contributed by atoms with Crippen molar-refractivity contribution in [3.05, 3.63) is 46.5 Å². The molecule has 1 aromatic rings. The van der Waals surface area contributed by atoms with Crippen molar-refractivity contribution < 1.29 is 14.7 Å². The Bertz CT molecular complexity index is 558. The van der Waals surface area contributed by atoms with Gasteiger partial charge in [-0.15, -0.1) is 0 Å². The third-order valence-electron chi connectivity index (χ3n) is 3.72. The van der Waals surface area contributed by atoms with E-state index in [9.17, 15) is 9.59 Å². The first kappa shape index (κ1) is 14.3. The van der Waals surface area contributed by atoms with Crippen molar-refractivity contribution in [2.24, 2.45) is 0 Å². The predicted octanol–water partition coefficient (Wildman–Crippen LogP) is 2.84. The number of hydrogen-bond acceptors (Lipinski definition) is 2. The van der Waals surface area contributed by atoms with Gasteiger partial charge in [-0.05, 0) is 43.9 Å². The minimum absolute atomic E-state index is 0.0855. The van der Waals surface area contributed by atoms with E-state index in [1.807, 2.05) is 6.92 Å². The number of carboxylic acid groups (broad SMARTS) is 1. The van der Waals surface area contributed by atoms with Crippen molar-refractivity contribution >= 4 is 11.9 Å². The van der Waals surface area contributed by atoms with E-state index in [0.717, 1.165) is 30.4 Å². The summed E-state index contributed by atoms with van der Waals surface area (Å²) in [6.07, 6.45) is 2.95. The van der Waals surface area contributed by atoms with Crippen LogP contribution >= 0.6 is 0 Å². The highest BCUT2D eigenvalue weighted by atomic mass is 16.4. The van der Waals surface area contributed by atoms with Crippen molar-refractivity contribution in [2.75, 3.05) is 7.05 Å². The molecule has 1 aliphatic rings. The third kappa shape index (κ3) is 3.07. The van der Waals surface area contributed by atoms with Crippen LogP contribution < -0.4 is 0 Å². The Kier molecular flexibility index (Phi) is 4.23.